The molecule has 48 heavy (non-hydrogen) atoms. The molecule has 3 N–H and O–H groups in total. The molecule has 0 aromatic heterocycles. The maximum Gasteiger partial charge on any atom is 0.405 e. The topological polar surface area (TPSA) is 114 Å². The van der Waals surface area contributed by atoms with Crippen LogP contribution in [0.1, 0.15) is 31.0 Å². The van der Waals surface area contributed by atoms with Crippen LogP contribution >= 0.6 is 34.8 Å². The Morgan fingerprint density at radius 3 is 1.96 bits per heavy atom. The van der Waals surface area contributed by atoms with Gasteiger partial charge in [-0.05, 0) is 47.4 Å². The second-order valence-electron chi connectivity index (χ2n) is 10.9. The van der Waals surface area contributed by atoms with Gasteiger partial charge in [0.25, 0.3) is 11.8 Å². The van der Waals surface area contributed by atoms with Crippen molar-refractivity contribution >= 4 is 58.3 Å². The lowest BCUT2D eigenvalue weighted by atomic mass is 9.94. The first-order chi connectivity index (χ1) is 22.4. The number of amides is 3. The molecule has 258 valence electrons. The van der Waals surface area contributed by atoms with Crippen molar-refractivity contribution in [3.05, 3.63) is 99.0 Å². The van der Waals surface area contributed by atoms with E-state index in [1.165, 1.54) is 56.3 Å². The zero-order valence-electron chi connectivity index (χ0n) is 25.2. The van der Waals surface area contributed by atoms with Crippen LogP contribution in [0.3, 0.4) is 0 Å². The van der Waals surface area contributed by atoms with Crippen LogP contribution in [-0.2, 0) is 25.6 Å². The lowest BCUT2D eigenvalue weighted by Gasteiger charge is -2.28. The number of carbonyl (C=O) groups excluding carboxylic acids is 4. The minimum Gasteiger partial charge on any atom is -0.480 e. The maximum atomic E-state index is 14.8. The van der Waals surface area contributed by atoms with E-state index in [-0.39, 0.29) is 27.8 Å². The van der Waals surface area contributed by atoms with Gasteiger partial charge in [0.05, 0.1) is 6.04 Å². The van der Waals surface area contributed by atoms with Crippen molar-refractivity contribution < 1.29 is 45.9 Å². The number of rotatable bonds is 14. The van der Waals surface area contributed by atoms with Crippen LogP contribution in [0.5, 0.6) is 5.75 Å². The third-order valence-electron chi connectivity index (χ3n) is 6.69. The van der Waals surface area contributed by atoms with Crippen LogP contribution in [0.2, 0.25) is 15.1 Å². The lowest BCUT2D eigenvalue weighted by molar-refractivity contribution is -0.165. The fourth-order valence-electron chi connectivity index (χ4n) is 4.38. The second-order valence-corrected chi connectivity index (χ2v) is 12.2. The van der Waals surface area contributed by atoms with Crippen molar-refractivity contribution in [2.45, 2.75) is 50.6 Å². The molecule has 3 aromatic carbocycles. The standard InChI is InChI=1S/C32H29Cl3F5N3O5/c1-17(2)25(27(44)32(39,40)30(47)41-16-31(36,37)38)42-29(46)26(19-8-4-3-5-9-19)43-28(45)24(12-18-7-6-10-20(33)11-18)48-23-14-21(34)13-22(35)15-23/h3-11,13-15,17,24-26H,12,16H2,1-2H3,(H,41,47)(H,42,46)(H,43,45). The summed E-state index contributed by atoms with van der Waals surface area (Å²) in [6, 6.07) is 14.6. The van der Waals surface area contributed by atoms with Gasteiger partial charge < -0.3 is 20.7 Å². The molecular formula is C32H29Cl3F5N3O5. The van der Waals surface area contributed by atoms with E-state index in [0.717, 1.165) is 5.32 Å². The van der Waals surface area contributed by atoms with Crippen molar-refractivity contribution in [3.63, 3.8) is 0 Å². The fourth-order valence-corrected chi connectivity index (χ4v) is 5.10. The summed E-state index contributed by atoms with van der Waals surface area (Å²) in [4.78, 5) is 52.2. The summed E-state index contributed by atoms with van der Waals surface area (Å²) in [5.41, 5.74) is 0.730. The molecule has 3 rings (SSSR count). The van der Waals surface area contributed by atoms with E-state index in [1.54, 1.807) is 30.3 Å². The third kappa shape index (κ3) is 11.1. The summed E-state index contributed by atoms with van der Waals surface area (Å²) in [5.74, 6) is -12.5. The van der Waals surface area contributed by atoms with E-state index in [0.29, 0.717) is 10.6 Å². The lowest BCUT2D eigenvalue weighted by Crippen LogP contribution is -2.58. The van der Waals surface area contributed by atoms with Crippen molar-refractivity contribution in [1.82, 2.24) is 16.0 Å². The molecule has 0 radical (unpaired) electrons. The summed E-state index contributed by atoms with van der Waals surface area (Å²) >= 11 is 18.3. The molecule has 0 aliphatic carbocycles. The molecule has 3 atom stereocenters. The quantitative estimate of drug-likeness (QED) is 0.129. The van der Waals surface area contributed by atoms with E-state index in [2.05, 4.69) is 10.6 Å². The van der Waals surface area contributed by atoms with Crippen LogP contribution in [-0.4, -0.2) is 54.3 Å². The summed E-state index contributed by atoms with van der Waals surface area (Å²) in [6.07, 6.45) is -6.44. The number of hydrogen-bond donors (Lipinski definition) is 3. The van der Waals surface area contributed by atoms with Crippen molar-refractivity contribution in [1.29, 1.82) is 0 Å². The molecule has 0 saturated heterocycles. The van der Waals surface area contributed by atoms with E-state index in [9.17, 15) is 41.1 Å². The smallest absolute Gasteiger partial charge is 0.405 e. The number of carbonyl (C=O) groups is 4. The third-order valence-corrected chi connectivity index (χ3v) is 7.36. The first kappa shape index (κ1) is 38.5. The minimum absolute atomic E-state index is 0.0774. The zero-order valence-corrected chi connectivity index (χ0v) is 27.5. The number of hydrogen-bond acceptors (Lipinski definition) is 5. The van der Waals surface area contributed by atoms with E-state index in [1.807, 2.05) is 0 Å². The van der Waals surface area contributed by atoms with Crippen LogP contribution in [0.25, 0.3) is 0 Å². The van der Waals surface area contributed by atoms with E-state index in [4.69, 9.17) is 39.5 Å². The Balaban J connectivity index is 1.92. The Hall–Kier alpha value is -3.94. The molecule has 16 heteroatoms. The molecule has 0 fully saturated rings. The number of benzene rings is 3. The van der Waals surface area contributed by atoms with Gasteiger partial charge in [0, 0.05) is 21.5 Å². The first-order valence-electron chi connectivity index (χ1n) is 14.2. The monoisotopic (exact) mass is 735 g/mol. The maximum absolute atomic E-state index is 14.8. The number of nitrogens with one attached hydrogen (secondary N) is 3. The molecule has 0 aliphatic rings. The van der Waals surface area contributed by atoms with Crippen LogP contribution < -0.4 is 20.7 Å². The predicted molar refractivity (Wildman–Crippen MR) is 169 cm³/mol. The Morgan fingerprint density at radius 1 is 0.771 bits per heavy atom. The first-order valence-corrected chi connectivity index (χ1v) is 15.3. The van der Waals surface area contributed by atoms with Gasteiger partial charge in [-0.3, -0.25) is 19.2 Å². The molecule has 8 nitrogen and oxygen atoms in total. The van der Waals surface area contributed by atoms with E-state index < -0.39 is 66.3 Å². The SMILES string of the molecule is CC(C)C(NC(=O)C(NC(=O)C(Cc1cccc(Cl)c1)Oc1cc(Cl)cc(Cl)c1)c1ccccc1)C(=O)C(F)(F)C(=O)NCC(F)(F)F. The molecule has 0 aliphatic heterocycles. The average Bonchev–Trinajstić information content (AvgIpc) is 2.99. The number of alkyl halides is 5. The van der Waals surface area contributed by atoms with Gasteiger partial charge in [-0.1, -0.05) is 91.1 Å². The Labute approximate surface area is 287 Å². The molecule has 0 bridgehead atoms. The second kappa shape index (κ2) is 16.4. The summed E-state index contributed by atoms with van der Waals surface area (Å²) in [7, 11) is 0. The number of ether oxygens (including phenoxy) is 1. The number of Topliss-reactive ketones (excluding diaryl/α,β-unsaturated/α-hetero) is 1. The Kier molecular flexibility index (Phi) is 13.2. The highest BCUT2D eigenvalue weighted by molar-refractivity contribution is 6.34. The van der Waals surface area contributed by atoms with Crippen molar-refractivity contribution in [2.24, 2.45) is 5.92 Å². The van der Waals surface area contributed by atoms with Gasteiger partial charge in [0.1, 0.15) is 18.3 Å². The molecule has 3 amide bonds. The van der Waals surface area contributed by atoms with Gasteiger partial charge in [-0.2, -0.15) is 22.0 Å². The van der Waals surface area contributed by atoms with Crippen LogP contribution in [0, 0.1) is 5.92 Å². The molecule has 0 saturated carbocycles. The Bertz CT molecular complexity index is 1610. The summed E-state index contributed by atoms with van der Waals surface area (Å²) in [6.45, 7) is 0.441. The normalized spacial score (nSPS) is 13.6. The largest absolute Gasteiger partial charge is 0.480 e. The Morgan fingerprint density at radius 2 is 1.40 bits per heavy atom. The predicted octanol–water partition coefficient (Wildman–Crippen LogP) is 6.52. The van der Waals surface area contributed by atoms with Crippen molar-refractivity contribution in [2.75, 3.05) is 6.54 Å². The molecule has 3 unspecified atom stereocenters. The van der Waals surface area contributed by atoms with Gasteiger partial charge in [0.15, 0.2) is 6.10 Å². The highest BCUT2D eigenvalue weighted by atomic mass is 35.5. The van der Waals surface area contributed by atoms with Gasteiger partial charge in [-0.25, -0.2) is 0 Å². The highest BCUT2D eigenvalue weighted by Crippen LogP contribution is 2.27. The van der Waals surface area contributed by atoms with Gasteiger partial charge >= 0.3 is 12.1 Å². The zero-order chi connectivity index (χ0) is 35.8. The van der Waals surface area contributed by atoms with E-state index >= 15 is 0 Å². The summed E-state index contributed by atoms with van der Waals surface area (Å²) in [5, 5.41) is 6.42. The molecule has 3 aromatic rings. The molecular weight excluding hydrogens is 708 g/mol. The van der Waals surface area contributed by atoms with Crippen LogP contribution in [0.4, 0.5) is 22.0 Å². The fraction of sp³-hybridized carbons (Fsp3) is 0.312. The minimum atomic E-state index is -5.02. The van der Waals surface area contributed by atoms with Gasteiger partial charge in [0.2, 0.25) is 11.7 Å². The van der Waals surface area contributed by atoms with Crippen molar-refractivity contribution in [3.8, 4) is 5.75 Å². The van der Waals surface area contributed by atoms with Crippen LogP contribution in [0.15, 0.2) is 72.8 Å². The van der Waals surface area contributed by atoms with Gasteiger partial charge in [-0.15, -0.1) is 0 Å². The highest BCUT2D eigenvalue weighted by Gasteiger charge is 2.52. The number of halogens is 8. The average molecular weight is 737 g/mol. The molecule has 0 heterocycles. The number of ketones is 1. The molecule has 0 spiro atoms. The summed E-state index contributed by atoms with van der Waals surface area (Å²) < 4.78 is 73.1.